The fraction of sp³-hybridized carbons (Fsp3) is 0.588. The van der Waals surface area contributed by atoms with E-state index in [1.54, 1.807) is 0 Å². The Labute approximate surface area is 151 Å². The minimum absolute atomic E-state index is 0. The summed E-state index contributed by atoms with van der Waals surface area (Å²) in [5.41, 5.74) is 8.19. The molecule has 0 amide bonds. The molecule has 0 aliphatic carbocycles. The number of aliphatic imine (C=N–C) groups is 1. The lowest BCUT2D eigenvalue weighted by Gasteiger charge is -2.13. The lowest BCUT2D eigenvalue weighted by atomic mass is 10.0. The van der Waals surface area contributed by atoms with Gasteiger partial charge in [0, 0.05) is 18.8 Å². The van der Waals surface area contributed by atoms with Crippen molar-refractivity contribution in [1.82, 2.24) is 0 Å². The number of nitrogens with two attached hydrogens (primary N) is 1. The summed E-state index contributed by atoms with van der Waals surface area (Å²) >= 11 is 0. The second-order valence-corrected chi connectivity index (χ2v) is 5.80. The fourth-order valence-corrected chi connectivity index (χ4v) is 2.31. The number of nitrogens with zero attached hydrogens (tertiary/aromatic N) is 1. The lowest BCUT2D eigenvalue weighted by molar-refractivity contribution is 0.253. The van der Waals surface area contributed by atoms with Crippen molar-refractivity contribution in [3.8, 4) is 0 Å². The van der Waals surface area contributed by atoms with Crippen LogP contribution in [0.1, 0.15) is 51.5 Å². The Kier molecular flexibility index (Phi) is 11.3. The number of hydrogen-bond donors (Lipinski definition) is 3. The van der Waals surface area contributed by atoms with E-state index in [0.29, 0.717) is 24.3 Å². The number of benzene rings is 1. The maximum atomic E-state index is 9.05. The second kappa shape index (κ2) is 11.7. The summed E-state index contributed by atoms with van der Waals surface area (Å²) in [7, 11) is 0. The van der Waals surface area contributed by atoms with Crippen LogP contribution in [0.4, 0.5) is 5.69 Å². The third-order valence-electron chi connectivity index (χ3n) is 3.58. The van der Waals surface area contributed by atoms with Gasteiger partial charge in [-0.05, 0) is 42.4 Å². The molecule has 126 valence electrons. The van der Waals surface area contributed by atoms with E-state index in [1.807, 2.05) is 12.1 Å². The predicted molar refractivity (Wildman–Crippen MR) is 106 cm³/mol. The molecular formula is C17H30IN3O. The number of hydrogen-bond acceptors (Lipinski definition) is 2. The van der Waals surface area contributed by atoms with E-state index < -0.39 is 0 Å². The Morgan fingerprint density at radius 2 is 2.05 bits per heavy atom. The first-order valence-electron chi connectivity index (χ1n) is 7.84. The molecule has 1 aromatic carbocycles. The van der Waals surface area contributed by atoms with Gasteiger partial charge in [-0.25, -0.2) is 0 Å². The highest BCUT2D eigenvalue weighted by Gasteiger charge is 2.07. The Bertz CT molecular complexity index is 443. The van der Waals surface area contributed by atoms with Crippen molar-refractivity contribution < 1.29 is 5.11 Å². The Hall–Kier alpha value is -0.820. The lowest BCUT2D eigenvalue weighted by Crippen LogP contribution is -2.24. The van der Waals surface area contributed by atoms with Gasteiger partial charge in [0.1, 0.15) is 0 Å². The normalized spacial score (nSPS) is 12.9. The van der Waals surface area contributed by atoms with E-state index in [0.717, 1.165) is 24.9 Å². The Balaban J connectivity index is 0.00000441. The molecule has 0 saturated heterocycles. The highest BCUT2D eigenvalue weighted by atomic mass is 127. The van der Waals surface area contributed by atoms with Crippen molar-refractivity contribution in [1.29, 1.82) is 0 Å². The molecule has 0 aliphatic heterocycles. The van der Waals surface area contributed by atoms with E-state index >= 15 is 0 Å². The Morgan fingerprint density at radius 3 is 2.64 bits per heavy atom. The number of aliphatic hydroxyl groups is 1. The minimum atomic E-state index is 0. The van der Waals surface area contributed by atoms with Gasteiger partial charge in [0.2, 0.25) is 0 Å². The van der Waals surface area contributed by atoms with Crippen LogP contribution in [0.25, 0.3) is 0 Å². The van der Waals surface area contributed by atoms with Crippen LogP contribution in [0, 0.1) is 5.92 Å². The van der Waals surface area contributed by atoms with E-state index in [1.165, 1.54) is 5.56 Å². The van der Waals surface area contributed by atoms with E-state index in [4.69, 9.17) is 10.8 Å². The SMILES string of the molecule is CCCC(CCO)CN=C(N)Nc1cccc(C(C)C)c1.I. The molecule has 0 radical (unpaired) electrons. The van der Waals surface area contributed by atoms with Crippen LogP contribution in [0.3, 0.4) is 0 Å². The highest BCUT2D eigenvalue weighted by Crippen LogP contribution is 2.18. The summed E-state index contributed by atoms with van der Waals surface area (Å²) in [5, 5.41) is 12.2. The predicted octanol–water partition coefficient (Wildman–Crippen LogP) is 3.95. The zero-order valence-electron chi connectivity index (χ0n) is 13.9. The molecule has 4 nitrogen and oxygen atoms in total. The molecule has 0 spiro atoms. The van der Waals surface area contributed by atoms with E-state index in [2.05, 4.69) is 43.2 Å². The summed E-state index contributed by atoms with van der Waals surface area (Å²) < 4.78 is 0. The number of rotatable bonds is 8. The molecule has 0 heterocycles. The summed E-state index contributed by atoms with van der Waals surface area (Å²) in [4.78, 5) is 4.40. The van der Waals surface area contributed by atoms with Crippen molar-refractivity contribution in [2.75, 3.05) is 18.5 Å². The van der Waals surface area contributed by atoms with Crippen molar-refractivity contribution in [3.63, 3.8) is 0 Å². The maximum Gasteiger partial charge on any atom is 0.193 e. The number of aliphatic hydroxyl groups excluding tert-OH is 1. The van der Waals surface area contributed by atoms with Gasteiger partial charge in [-0.3, -0.25) is 4.99 Å². The first-order chi connectivity index (χ1) is 10.1. The van der Waals surface area contributed by atoms with Gasteiger partial charge in [-0.15, -0.1) is 24.0 Å². The smallest absolute Gasteiger partial charge is 0.193 e. The number of anilines is 1. The van der Waals surface area contributed by atoms with Gasteiger partial charge < -0.3 is 16.2 Å². The van der Waals surface area contributed by atoms with Gasteiger partial charge in [0.25, 0.3) is 0 Å². The molecular weight excluding hydrogens is 389 g/mol. The minimum Gasteiger partial charge on any atom is -0.396 e. The number of guanidine groups is 1. The molecule has 4 N–H and O–H groups in total. The van der Waals surface area contributed by atoms with E-state index in [-0.39, 0.29) is 30.6 Å². The van der Waals surface area contributed by atoms with Crippen LogP contribution < -0.4 is 11.1 Å². The summed E-state index contributed by atoms with van der Waals surface area (Å²) in [6.07, 6.45) is 2.96. The van der Waals surface area contributed by atoms with Crippen LogP contribution in [0.5, 0.6) is 0 Å². The maximum absolute atomic E-state index is 9.05. The topological polar surface area (TPSA) is 70.6 Å². The van der Waals surface area contributed by atoms with Crippen molar-refractivity contribution in [2.45, 2.75) is 46.0 Å². The van der Waals surface area contributed by atoms with Crippen LogP contribution >= 0.6 is 24.0 Å². The number of halogens is 1. The van der Waals surface area contributed by atoms with Gasteiger partial charge in [-0.1, -0.05) is 39.3 Å². The highest BCUT2D eigenvalue weighted by molar-refractivity contribution is 14.0. The van der Waals surface area contributed by atoms with Crippen LogP contribution in [0.15, 0.2) is 29.3 Å². The van der Waals surface area contributed by atoms with Crippen molar-refractivity contribution in [2.24, 2.45) is 16.6 Å². The molecule has 1 unspecified atom stereocenters. The van der Waals surface area contributed by atoms with Gasteiger partial charge >= 0.3 is 0 Å². The first kappa shape index (κ1) is 21.2. The molecule has 22 heavy (non-hydrogen) atoms. The van der Waals surface area contributed by atoms with Crippen LogP contribution in [-0.2, 0) is 0 Å². The van der Waals surface area contributed by atoms with Crippen LogP contribution in [-0.4, -0.2) is 24.2 Å². The zero-order valence-corrected chi connectivity index (χ0v) is 16.2. The molecule has 0 fully saturated rings. The van der Waals surface area contributed by atoms with Gasteiger partial charge in [0.15, 0.2) is 5.96 Å². The summed E-state index contributed by atoms with van der Waals surface area (Å²) in [6.45, 7) is 7.36. The summed E-state index contributed by atoms with van der Waals surface area (Å²) in [5.74, 6) is 1.33. The molecule has 0 aromatic heterocycles. The second-order valence-electron chi connectivity index (χ2n) is 5.80. The fourth-order valence-electron chi connectivity index (χ4n) is 2.31. The molecule has 1 rings (SSSR count). The third kappa shape index (κ3) is 7.98. The number of nitrogens with one attached hydrogen (secondary N) is 1. The standard InChI is InChI=1S/C17H29N3O.HI/c1-4-6-14(9-10-21)12-19-17(18)20-16-8-5-7-15(11-16)13(2)3;/h5,7-8,11,13-14,21H,4,6,9-10,12H2,1-3H3,(H3,18,19,20);1H. The molecule has 0 aliphatic rings. The summed E-state index contributed by atoms with van der Waals surface area (Å²) in [6, 6.07) is 8.23. The zero-order chi connectivity index (χ0) is 15.7. The monoisotopic (exact) mass is 419 g/mol. The molecule has 0 bridgehead atoms. The van der Waals surface area contributed by atoms with Gasteiger partial charge in [0.05, 0.1) is 0 Å². The molecule has 1 aromatic rings. The largest absolute Gasteiger partial charge is 0.396 e. The molecule has 0 saturated carbocycles. The molecule has 1 atom stereocenters. The average Bonchev–Trinajstić information content (AvgIpc) is 2.45. The van der Waals surface area contributed by atoms with Crippen molar-refractivity contribution >= 4 is 35.6 Å². The van der Waals surface area contributed by atoms with Crippen molar-refractivity contribution in [3.05, 3.63) is 29.8 Å². The van der Waals surface area contributed by atoms with E-state index in [9.17, 15) is 0 Å². The third-order valence-corrected chi connectivity index (χ3v) is 3.58. The molecule has 5 heteroatoms. The average molecular weight is 419 g/mol. The first-order valence-corrected chi connectivity index (χ1v) is 7.84. The quantitative estimate of drug-likeness (QED) is 0.340. The van der Waals surface area contributed by atoms with Crippen LogP contribution in [0.2, 0.25) is 0 Å². The Morgan fingerprint density at radius 1 is 1.32 bits per heavy atom. The van der Waals surface area contributed by atoms with Gasteiger partial charge in [-0.2, -0.15) is 0 Å².